The van der Waals surface area contributed by atoms with Crippen LogP contribution in [0, 0.1) is 27.7 Å². The predicted octanol–water partition coefficient (Wildman–Crippen LogP) is 2.29. The fourth-order valence-electron chi connectivity index (χ4n) is 2.86. The number of aromatic nitrogens is 4. The van der Waals surface area contributed by atoms with Crippen molar-refractivity contribution < 1.29 is 8.42 Å². The van der Waals surface area contributed by atoms with Crippen LogP contribution >= 0.6 is 0 Å². The van der Waals surface area contributed by atoms with Gasteiger partial charge in [0.25, 0.3) is 0 Å². The Morgan fingerprint density at radius 1 is 1.00 bits per heavy atom. The van der Waals surface area contributed by atoms with Gasteiger partial charge in [0, 0.05) is 24.8 Å². The van der Waals surface area contributed by atoms with E-state index in [0.717, 1.165) is 22.5 Å². The summed E-state index contributed by atoms with van der Waals surface area (Å²) in [6.07, 6.45) is 3.18. The quantitative estimate of drug-likeness (QED) is 0.590. The zero-order valence-corrected chi connectivity index (χ0v) is 17.2. The molecule has 2 aromatic heterocycles. The van der Waals surface area contributed by atoms with Gasteiger partial charge in [-0.15, -0.1) is 0 Å². The molecule has 0 spiro atoms. The Kier molecular flexibility index (Phi) is 5.76. The highest BCUT2D eigenvalue weighted by Crippen LogP contribution is 2.16. The number of aryl methyl sites for hydroxylation is 3. The van der Waals surface area contributed by atoms with E-state index in [4.69, 9.17) is 0 Å². The van der Waals surface area contributed by atoms with Gasteiger partial charge in [-0.05, 0) is 39.3 Å². The number of hydrogen-bond acceptors (Lipinski definition) is 6. The minimum atomic E-state index is -3.55. The van der Waals surface area contributed by atoms with E-state index in [-0.39, 0.29) is 6.54 Å². The van der Waals surface area contributed by atoms with Gasteiger partial charge in [-0.2, -0.15) is 0 Å². The first-order valence-corrected chi connectivity index (χ1v) is 10.4. The molecule has 3 aromatic rings. The average Bonchev–Trinajstić information content (AvgIpc) is 2.98. The van der Waals surface area contributed by atoms with Gasteiger partial charge in [0.05, 0.1) is 10.6 Å². The highest BCUT2D eigenvalue weighted by molar-refractivity contribution is 7.89. The van der Waals surface area contributed by atoms with E-state index in [1.807, 2.05) is 31.4 Å². The van der Waals surface area contributed by atoms with Gasteiger partial charge in [0.2, 0.25) is 10.0 Å². The zero-order chi connectivity index (χ0) is 20.3. The van der Waals surface area contributed by atoms with Crippen LogP contribution in [0.3, 0.4) is 0 Å². The molecule has 8 nitrogen and oxygen atoms in total. The highest BCUT2D eigenvalue weighted by Gasteiger charge is 2.16. The fourth-order valence-corrected chi connectivity index (χ4v) is 4.12. The van der Waals surface area contributed by atoms with Crippen LogP contribution in [-0.4, -0.2) is 41.0 Å². The summed E-state index contributed by atoms with van der Waals surface area (Å²) >= 11 is 0. The third kappa shape index (κ3) is 4.37. The van der Waals surface area contributed by atoms with Crippen molar-refractivity contribution in [2.24, 2.45) is 0 Å². The molecule has 0 fully saturated rings. The van der Waals surface area contributed by atoms with Gasteiger partial charge >= 0.3 is 0 Å². The normalized spacial score (nSPS) is 11.6. The minimum absolute atomic E-state index is 0.234. The first kappa shape index (κ1) is 20.0. The molecular formula is C19H24N6O2S. The molecule has 28 heavy (non-hydrogen) atoms. The van der Waals surface area contributed by atoms with Gasteiger partial charge in [-0.25, -0.2) is 28.1 Å². The second-order valence-corrected chi connectivity index (χ2v) is 8.38. The summed E-state index contributed by atoms with van der Waals surface area (Å²) < 4.78 is 29.5. The summed E-state index contributed by atoms with van der Waals surface area (Å²) in [6, 6.07) is 7.08. The molecule has 2 heterocycles. The maximum absolute atomic E-state index is 12.5. The van der Waals surface area contributed by atoms with Crippen LogP contribution in [0.25, 0.3) is 5.82 Å². The molecule has 0 unspecified atom stereocenters. The number of nitrogens with one attached hydrogen (secondary N) is 2. The predicted molar refractivity (Wildman–Crippen MR) is 108 cm³/mol. The number of hydrogen-bond donors (Lipinski definition) is 2. The summed E-state index contributed by atoms with van der Waals surface area (Å²) in [4.78, 5) is 13.0. The van der Waals surface area contributed by atoms with Crippen molar-refractivity contribution in [1.29, 1.82) is 0 Å². The van der Waals surface area contributed by atoms with Gasteiger partial charge in [-0.3, -0.25) is 4.57 Å². The largest absolute Gasteiger partial charge is 0.369 e. The third-order valence-electron chi connectivity index (χ3n) is 4.49. The summed E-state index contributed by atoms with van der Waals surface area (Å²) in [5.74, 6) is 1.31. The summed E-state index contributed by atoms with van der Waals surface area (Å²) in [7, 11) is -3.55. The standard InChI is InChI=1S/C19H24N6O2S/c1-13-5-6-17(14(2)9-13)28(26,27)24-8-7-20-18-10-19(22-11-21-18)25-12-23-15(3)16(25)4/h5-6,9-12,24H,7-8H2,1-4H3,(H,20,21,22). The highest BCUT2D eigenvalue weighted by atomic mass is 32.2. The molecule has 1 aromatic carbocycles. The number of rotatable bonds is 7. The van der Waals surface area contributed by atoms with Crippen molar-refractivity contribution in [3.63, 3.8) is 0 Å². The van der Waals surface area contributed by atoms with E-state index in [1.165, 1.54) is 6.33 Å². The second-order valence-electron chi connectivity index (χ2n) is 6.64. The average molecular weight is 401 g/mol. The van der Waals surface area contributed by atoms with Crippen LogP contribution in [-0.2, 0) is 10.0 Å². The van der Waals surface area contributed by atoms with Crippen LogP contribution in [0.4, 0.5) is 5.82 Å². The van der Waals surface area contributed by atoms with Crippen molar-refractivity contribution in [3.8, 4) is 5.82 Å². The lowest BCUT2D eigenvalue weighted by atomic mass is 10.2. The fraction of sp³-hybridized carbons (Fsp3) is 0.316. The Hall–Kier alpha value is -2.78. The summed E-state index contributed by atoms with van der Waals surface area (Å²) in [5, 5.41) is 3.12. The molecule has 9 heteroatoms. The Morgan fingerprint density at radius 3 is 2.46 bits per heavy atom. The summed E-state index contributed by atoms with van der Waals surface area (Å²) in [5.41, 5.74) is 3.70. The van der Waals surface area contributed by atoms with E-state index in [9.17, 15) is 8.42 Å². The molecule has 0 saturated heterocycles. The molecule has 0 aliphatic carbocycles. The molecule has 0 bridgehead atoms. The molecule has 0 atom stereocenters. The van der Waals surface area contributed by atoms with E-state index in [0.29, 0.717) is 23.1 Å². The van der Waals surface area contributed by atoms with Crippen molar-refractivity contribution in [3.05, 3.63) is 59.4 Å². The Morgan fingerprint density at radius 2 is 1.79 bits per heavy atom. The first-order chi connectivity index (χ1) is 13.3. The van der Waals surface area contributed by atoms with Crippen LogP contribution in [0.5, 0.6) is 0 Å². The molecule has 148 valence electrons. The molecule has 0 aliphatic heterocycles. The van der Waals surface area contributed by atoms with Crippen molar-refractivity contribution in [2.45, 2.75) is 32.6 Å². The van der Waals surface area contributed by atoms with Crippen LogP contribution < -0.4 is 10.0 Å². The van der Waals surface area contributed by atoms with Crippen LogP contribution in [0.15, 0.2) is 41.8 Å². The van der Waals surface area contributed by atoms with Crippen molar-refractivity contribution >= 4 is 15.8 Å². The van der Waals surface area contributed by atoms with Gasteiger partial charge in [0.15, 0.2) is 0 Å². The summed E-state index contributed by atoms with van der Waals surface area (Å²) in [6.45, 7) is 8.26. The topological polar surface area (TPSA) is 102 Å². The number of sulfonamides is 1. The monoisotopic (exact) mass is 400 g/mol. The molecular weight excluding hydrogens is 376 g/mol. The maximum Gasteiger partial charge on any atom is 0.240 e. The van der Waals surface area contributed by atoms with E-state index >= 15 is 0 Å². The Bertz CT molecular complexity index is 1090. The van der Waals surface area contributed by atoms with E-state index in [2.05, 4.69) is 25.0 Å². The number of imidazole rings is 1. The molecule has 0 radical (unpaired) electrons. The number of anilines is 1. The molecule has 2 N–H and O–H groups in total. The first-order valence-electron chi connectivity index (χ1n) is 8.91. The number of benzene rings is 1. The van der Waals surface area contributed by atoms with Gasteiger partial charge in [0.1, 0.15) is 24.3 Å². The van der Waals surface area contributed by atoms with Crippen LogP contribution in [0.2, 0.25) is 0 Å². The van der Waals surface area contributed by atoms with Crippen molar-refractivity contribution in [2.75, 3.05) is 18.4 Å². The molecule has 0 aliphatic rings. The van der Waals surface area contributed by atoms with E-state index < -0.39 is 10.0 Å². The van der Waals surface area contributed by atoms with E-state index in [1.54, 1.807) is 31.5 Å². The van der Waals surface area contributed by atoms with Gasteiger partial charge in [-0.1, -0.05) is 17.7 Å². The molecule has 0 saturated carbocycles. The minimum Gasteiger partial charge on any atom is -0.369 e. The lowest BCUT2D eigenvalue weighted by Crippen LogP contribution is -2.29. The van der Waals surface area contributed by atoms with Crippen molar-refractivity contribution in [1.82, 2.24) is 24.2 Å². The lowest BCUT2D eigenvalue weighted by Gasteiger charge is -2.11. The zero-order valence-electron chi connectivity index (χ0n) is 16.4. The number of nitrogens with zero attached hydrogens (tertiary/aromatic N) is 4. The Balaban J connectivity index is 1.61. The van der Waals surface area contributed by atoms with Gasteiger partial charge < -0.3 is 5.32 Å². The SMILES string of the molecule is Cc1ccc(S(=O)(=O)NCCNc2cc(-n3cnc(C)c3C)ncn2)c(C)c1. The smallest absolute Gasteiger partial charge is 0.240 e. The van der Waals surface area contributed by atoms with Crippen LogP contribution in [0.1, 0.15) is 22.5 Å². The second kappa shape index (κ2) is 8.07. The molecule has 0 amide bonds. The third-order valence-corrected chi connectivity index (χ3v) is 6.12. The Labute approximate surface area is 165 Å². The lowest BCUT2D eigenvalue weighted by molar-refractivity contribution is 0.582. The molecule has 3 rings (SSSR count). The maximum atomic E-state index is 12.5.